The number of benzene rings is 2. The summed E-state index contributed by atoms with van der Waals surface area (Å²) in [7, 11) is 0. The second-order valence-electron chi connectivity index (χ2n) is 10.4. The summed E-state index contributed by atoms with van der Waals surface area (Å²) in [5.41, 5.74) is -6.01. The molecule has 0 bridgehead atoms. The van der Waals surface area contributed by atoms with Crippen molar-refractivity contribution in [2.45, 2.75) is 52.4 Å². The monoisotopic (exact) mass is 574 g/mol. The SMILES string of the molecule is CC(C)(C)c1sc(C(C)(C)C)c(B(c2c(F)c(F)c(F)c(F)c2F)c2c(F)c(F)c(F)c(F)c2F)c1Cl. The highest BCUT2D eigenvalue weighted by Crippen LogP contribution is 2.40. The highest BCUT2D eigenvalue weighted by Gasteiger charge is 2.45. The molecule has 0 saturated carbocycles. The first kappa shape index (κ1) is 29.4. The summed E-state index contributed by atoms with van der Waals surface area (Å²) in [4.78, 5) is 0.354. The van der Waals surface area contributed by atoms with Crippen LogP contribution >= 0.6 is 22.9 Å². The van der Waals surface area contributed by atoms with Crippen molar-refractivity contribution in [2.75, 3.05) is 0 Å². The summed E-state index contributed by atoms with van der Waals surface area (Å²) in [6.07, 6.45) is 0. The average Bonchev–Trinajstić information content (AvgIpc) is 3.15. The van der Waals surface area contributed by atoms with Gasteiger partial charge in [-0.2, -0.15) is 0 Å². The largest absolute Gasteiger partial charge is 0.260 e. The van der Waals surface area contributed by atoms with Gasteiger partial charge in [-0.15, -0.1) is 11.3 Å². The molecule has 3 aromatic rings. The summed E-state index contributed by atoms with van der Waals surface area (Å²) >= 11 is 7.46. The third-order valence-corrected chi connectivity index (χ3v) is 8.16. The van der Waals surface area contributed by atoms with Crippen molar-refractivity contribution in [3.63, 3.8) is 0 Å². The number of rotatable bonds is 3. The molecule has 0 saturated heterocycles. The van der Waals surface area contributed by atoms with E-state index < -0.39 is 92.1 Å². The minimum Gasteiger partial charge on any atom is -0.204 e. The number of hydrogen-bond acceptors (Lipinski definition) is 1. The Labute approximate surface area is 215 Å². The summed E-state index contributed by atoms with van der Waals surface area (Å²) in [5.74, 6) is -25.1. The molecule has 0 atom stereocenters. The third-order valence-electron chi connectivity index (χ3n) is 5.60. The minimum atomic E-state index is -2.71. The van der Waals surface area contributed by atoms with Gasteiger partial charge < -0.3 is 0 Å². The maximum Gasteiger partial charge on any atom is 0.260 e. The Morgan fingerprint density at radius 3 is 1.00 bits per heavy atom. The molecule has 2 aromatic carbocycles. The van der Waals surface area contributed by atoms with Gasteiger partial charge in [0.05, 0.1) is 5.02 Å². The molecule has 37 heavy (non-hydrogen) atoms. The van der Waals surface area contributed by atoms with E-state index in [9.17, 15) is 26.3 Å². The second-order valence-corrected chi connectivity index (χ2v) is 11.8. The fraction of sp³-hybridized carbons (Fsp3) is 0.333. The Morgan fingerprint density at radius 2 is 0.730 bits per heavy atom. The molecule has 3 rings (SSSR count). The fourth-order valence-corrected chi connectivity index (χ4v) is 5.91. The maximum atomic E-state index is 15.1. The quantitative estimate of drug-likeness (QED) is 0.138. The molecule has 1 aromatic heterocycles. The fourth-order valence-electron chi connectivity index (χ4n) is 3.90. The van der Waals surface area contributed by atoms with Crippen molar-refractivity contribution >= 4 is 46.0 Å². The first-order chi connectivity index (χ1) is 16.7. The van der Waals surface area contributed by atoms with E-state index in [0.717, 1.165) is 11.3 Å². The molecule has 0 N–H and O–H groups in total. The van der Waals surface area contributed by atoms with E-state index in [1.807, 2.05) is 0 Å². The lowest BCUT2D eigenvalue weighted by atomic mass is 9.35. The van der Waals surface area contributed by atoms with Crippen molar-refractivity contribution in [3.8, 4) is 0 Å². The van der Waals surface area contributed by atoms with Gasteiger partial charge in [-0.3, -0.25) is 0 Å². The van der Waals surface area contributed by atoms with E-state index in [-0.39, 0.29) is 14.8 Å². The standard InChI is InChI=1S/C24H18BClF10S/c1-23(2,3)21-7(10(26)22(37-21)24(4,5)6)25(8-11(27)15(31)19(35)16(32)12(8)28)9-13(29)17(33)20(36)18(34)14(9)30/h1-6H3. The molecular formula is C24H18BClF10S. The summed E-state index contributed by atoms with van der Waals surface area (Å²) in [5, 5.41) is -0.375. The van der Waals surface area contributed by atoms with Crippen LogP contribution in [0, 0.1) is 58.2 Å². The Hall–Kier alpha value is -2.21. The Bertz CT molecular complexity index is 1290. The van der Waals surface area contributed by atoms with E-state index in [4.69, 9.17) is 11.6 Å². The molecule has 1 heterocycles. The van der Waals surface area contributed by atoms with Crippen molar-refractivity contribution in [2.24, 2.45) is 0 Å². The average molecular weight is 575 g/mol. The van der Waals surface area contributed by atoms with Crippen molar-refractivity contribution in [1.82, 2.24) is 0 Å². The van der Waals surface area contributed by atoms with Crippen LogP contribution in [0.1, 0.15) is 51.3 Å². The molecule has 0 amide bonds. The van der Waals surface area contributed by atoms with Gasteiger partial charge in [-0.05, 0) is 16.3 Å². The Kier molecular flexibility index (Phi) is 7.55. The number of thiophene rings is 1. The molecule has 0 unspecified atom stereocenters. The zero-order valence-electron chi connectivity index (χ0n) is 20.1. The molecule has 0 nitrogen and oxygen atoms in total. The van der Waals surface area contributed by atoms with Crippen molar-refractivity contribution in [1.29, 1.82) is 0 Å². The zero-order valence-corrected chi connectivity index (χ0v) is 21.7. The van der Waals surface area contributed by atoms with E-state index in [1.165, 1.54) is 0 Å². The number of halogens is 11. The lowest BCUT2D eigenvalue weighted by Crippen LogP contribution is -2.59. The number of hydrogen-bond donors (Lipinski definition) is 0. The molecule has 0 aliphatic heterocycles. The first-order valence-corrected chi connectivity index (χ1v) is 11.8. The van der Waals surface area contributed by atoms with E-state index in [1.54, 1.807) is 41.5 Å². The van der Waals surface area contributed by atoms with Crippen LogP contribution in [0.4, 0.5) is 43.9 Å². The third kappa shape index (κ3) is 4.64. The van der Waals surface area contributed by atoms with E-state index >= 15 is 17.6 Å². The Morgan fingerprint density at radius 1 is 0.459 bits per heavy atom. The van der Waals surface area contributed by atoms with Crippen LogP contribution in [-0.2, 0) is 10.8 Å². The molecule has 0 aliphatic carbocycles. The molecule has 200 valence electrons. The smallest absolute Gasteiger partial charge is 0.204 e. The lowest BCUT2D eigenvalue weighted by Gasteiger charge is -2.25. The summed E-state index contributed by atoms with van der Waals surface area (Å²) in [6, 6.07) is 0. The first-order valence-electron chi connectivity index (χ1n) is 10.6. The van der Waals surface area contributed by atoms with Gasteiger partial charge >= 0.3 is 0 Å². The highest BCUT2D eigenvalue weighted by molar-refractivity contribution is 7.16. The molecule has 0 aliphatic rings. The van der Waals surface area contributed by atoms with Crippen molar-refractivity contribution < 1.29 is 43.9 Å². The topological polar surface area (TPSA) is 0 Å². The van der Waals surface area contributed by atoms with Crippen LogP contribution in [0.5, 0.6) is 0 Å². The lowest BCUT2D eigenvalue weighted by molar-refractivity contribution is 0.382. The zero-order chi connectivity index (χ0) is 28.5. The van der Waals surface area contributed by atoms with Crippen LogP contribution < -0.4 is 16.4 Å². The van der Waals surface area contributed by atoms with Gasteiger partial charge in [0.2, 0.25) is 0 Å². The van der Waals surface area contributed by atoms with Gasteiger partial charge in [-0.1, -0.05) is 53.1 Å². The Balaban J connectivity index is 2.70. The van der Waals surface area contributed by atoms with E-state index in [2.05, 4.69) is 0 Å². The summed E-state index contributed by atoms with van der Waals surface area (Å²) < 4.78 is 145. The predicted molar refractivity (Wildman–Crippen MR) is 124 cm³/mol. The van der Waals surface area contributed by atoms with Gasteiger partial charge in [0, 0.05) is 20.7 Å². The van der Waals surface area contributed by atoms with Crippen LogP contribution in [0.25, 0.3) is 0 Å². The van der Waals surface area contributed by atoms with E-state index in [0.29, 0.717) is 0 Å². The normalized spacial score (nSPS) is 12.5. The second kappa shape index (κ2) is 9.52. The predicted octanol–water partition coefficient (Wildman–Crippen LogP) is 6.90. The molecule has 0 spiro atoms. The van der Waals surface area contributed by atoms with Crippen LogP contribution in [-0.4, -0.2) is 6.71 Å². The maximum absolute atomic E-state index is 15.1. The van der Waals surface area contributed by atoms with Gasteiger partial charge in [0.15, 0.2) is 58.2 Å². The molecular weight excluding hydrogens is 557 g/mol. The van der Waals surface area contributed by atoms with Gasteiger partial charge in [-0.25, -0.2) is 43.9 Å². The van der Waals surface area contributed by atoms with Crippen LogP contribution in [0.2, 0.25) is 5.02 Å². The van der Waals surface area contributed by atoms with Crippen LogP contribution in [0.3, 0.4) is 0 Å². The van der Waals surface area contributed by atoms with Gasteiger partial charge in [0.1, 0.15) is 0 Å². The van der Waals surface area contributed by atoms with Gasteiger partial charge in [0.25, 0.3) is 6.71 Å². The molecule has 13 heteroatoms. The minimum absolute atomic E-state index is 0.0697. The van der Waals surface area contributed by atoms with Crippen LogP contribution in [0.15, 0.2) is 0 Å². The molecule has 0 fully saturated rings. The highest BCUT2D eigenvalue weighted by atomic mass is 35.5. The molecule has 0 radical (unpaired) electrons. The van der Waals surface area contributed by atoms with Crippen molar-refractivity contribution in [3.05, 3.63) is 72.9 Å². The summed E-state index contributed by atoms with van der Waals surface area (Å²) in [6.45, 7) is 6.94.